The van der Waals surface area contributed by atoms with Crippen molar-refractivity contribution in [2.24, 2.45) is 5.92 Å². The van der Waals surface area contributed by atoms with Crippen molar-refractivity contribution in [2.45, 2.75) is 25.8 Å². The number of amides is 2. The molecule has 124 valence electrons. The van der Waals surface area contributed by atoms with Crippen LogP contribution in [0, 0.1) is 5.92 Å². The van der Waals surface area contributed by atoms with Gasteiger partial charge in [0, 0.05) is 18.2 Å². The third kappa shape index (κ3) is 4.13. The average molecular weight is 324 g/mol. The van der Waals surface area contributed by atoms with E-state index >= 15 is 0 Å². The van der Waals surface area contributed by atoms with Gasteiger partial charge in [-0.2, -0.15) is 0 Å². The van der Waals surface area contributed by atoms with E-state index in [1.54, 1.807) is 12.1 Å². The molecular weight excluding hydrogens is 304 g/mol. The number of nitrogens with one attached hydrogen (secondary N) is 2. The van der Waals surface area contributed by atoms with Crippen LogP contribution in [-0.4, -0.2) is 11.8 Å². The lowest BCUT2D eigenvalue weighted by molar-refractivity contribution is -0.125. The summed E-state index contributed by atoms with van der Waals surface area (Å²) in [5.74, 6) is 0.177. The summed E-state index contributed by atoms with van der Waals surface area (Å²) in [5.41, 5.74) is 1.68. The van der Waals surface area contributed by atoms with Crippen molar-refractivity contribution in [1.29, 1.82) is 0 Å². The fourth-order valence-corrected chi connectivity index (χ4v) is 2.67. The molecule has 5 heteroatoms. The van der Waals surface area contributed by atoms with Crippen LogP contribution < -0.4 is 10.6 Å². The highest BCUT2D eigenvalue weighted by atomic mass is 16.3. The van der Waals surface area contributed by atoms with E-state index in [0.29, 0.717) is 12.2 Å². The van der Waals surface area contributed by atoms with Crippen molar-refractivity contribution in [2.75, 3.05) is 5.32 Å². The van der Waals surface area contributed by atoms with Crippen LogP contribution in [0.3, 0.4) is 0 Å². The van der Waals surface area contributed by atoms with Gasteiger partial charge < -0.3 is 15.1 Å². The van der Waals surface area contributed by atoms with E-state index in [9.17, 15) is 9.59 Å². The quantitative estimate of drug-likeness (QED) is 0.827. The topological polar surface area (TPSA) is 71.3 Å². The van der Waals surface area contributed by atoms with Crippen molar-refractivity contribution in [1.82, 2.24) is 5.32 Å². The summed E-state index contributed by atoms with van der Waals surface area (Å²) >= 11 is 0. The van der Waals surface area contributed by atoms with Gasteiger partial charge in [0.1, 0.15) is 0 Å². The van der Waals surface area contributed by atoms with Crippen LogP contribution in [0.15, 0.2) is 59.2 Å². The first kappa shape index (κ1) is 16.1. The van der Waals surface area contributed by atoms with Crippen molar-refractivity contribution in [3.8, 4) is 0 Å². The number of furan rings is 1. The molecular formula is C19H20N2O3. The van der Waals surface area contributed by atoms with Crippen LogP contribution in [-0.2, 0) is 11.3 Å². The van der Waals surface area contributed by atoms with Gasteiger partial charge in [0.05, 0.1) is 6.26 Å². The second kappa shape index (κ2) is 7.64. The minimum Gasteiger partial charge on any atom is -0.459 e. The number of anilines is 1. The largest absolute Gasteiger partial charge is 0.459 e. The lowest BCUT2D eigenvalue weighted by atomic mass is 9.93. The molecule has 1 aromatic carbocycles. The molecule has 2 amide bonds. The highest BCUT2D eigenvalue weighted by molar-refractivity contribution is 6.02. The number of hydrogen-bond acceptors (Lipinski definition) is 3. The number of hydrogen-bond donors (Lipinski definition) is 2. The SMILES string of the molecule is O=C(Nc1ccc(CNC(=O)[C@H]2CC=CCC2)cc1)c1ccco1. The van der Waals surface area contributed by atoms with Crippen LogP contribution >= 0.6 is 0 Å². The van der Waals surface area contributed by atoms with Crippen LogP contribution in [0.1, 0.15) is 35.4 Å². The summed E-state index contributed by atoms with van der Waals surface area (Å²) in [6.45, 7) is 0.492. The summed E-state index contributed by atoms with van der Waals surface area (Å²) in [7, 11) is 0. The lowest BCUT2D eigenvalue weighted by Crippen LogP contribution is -2.30. The van der Waals surface area contributed by atoms with E-state index in [1.807, 2.05) is 24.3 Å². The first-order valence-electron chi connectivity index (χ1n) is 8.09. The second-order valence-corrected chi connectivity index (χ2v) is 5.83. The van der Waals surface area contributed by atoms with Crippen LogP contribution in [0.4, 0.5) is 5.69 Å². The van der Waals surface area contributed by atoms with Gasteiger partial charge in [-0.15, -0.1) is 0 Å². The molecule has 1 aliphatic rings. The van der Waals surface area contributed by atoms with Gasteiger partial charge in [-0.1, -0.05) is 24.3 Å². The molecule has 2 N–H and O–H groups in total. The molecule has 0 spiro atoms. The van der Waals surface area contributed by atoms with E-state index in [0.717, 1.165) is 24.8 Å². The predicted octanol–water partition coefficient (Wildman–Crippen LogP) is 3.50. The Labute approximate surface area is 140 Å². The van der Waals surface area contributed by atoms with Crippen LogP contribution in [0.25, 0.3) is 0 Å². The predicted molar refractivity (Wildman–Crippen MR) is 91.4 cm³/mol. The van der Waals surface area contributed by atoms with Crippen molar-refractivity contribution >= 4 is 17.5 Å². The first-order valence-corrected chi connectivity index (χ1v) is 8.09. The van der Waals surface area contributed by atoms with Crippen LogP contribution in [0.2, 0.25) is 0 Å². The Kier molecular flexibility index (Phi) is 5.11. The molecule has 0 unspecified atom stereocenters. The zero-order valence-electron chi connectivity index (χ0n) is 13.3. The molecule has 2 aromatic rings. The van der Waals surface area contributed by atoms with Gasteiger partial charge in [-0.3, -0.25) is 9.59 Å². The molecule has 3 rings (SSSR count). The summed E-state index contributed by atoms with van der Waals surface area (Å²) in [5, 5.41) is 5.74. The van der Waals surface area contributed by atoms with Crippen molar-refractivity contribution in [3.63, 3.8) is 0 Å². The fourth-order valence-electron chi connectivity index (χ4n) is 2.67. The number of carbonyl (C=O) groups is 2. The number of allylic oxidation sites excluding steroid dienone is 2. The van der Waals surface area contributed by atoms with Gasteiger partial charge in [0.2, 0.25) is 5.91 Å². The van der Waals surface area contributed by atoms with E-state index in [2.05, 4.69) is 22.8 Å². The highest BCUT2D eigenvalue weighted by Crippen LogP contribution is 2.18. The van der Waals surface area contributed by atoms with E-state index in [-0.39, 0.29) is 23.5 Å². The smallest absolute Gasteiger partial charge is 0.291 e. The molecule has 1 atom stereocenters. The van der Waals surface area contributed by atoms with Gasteiger partial charge in [-0.25, -0.2) is 0 Å². The molecule has 0 saturated heterocycles. The van der Waals surface area contributed by atoms with E-state index in [4.69, 9.17) is 4.42 Å². The molecule has 0 fully saturated rings. The summed E-state index contributed by atoms with van der Waals surface area (Å²) < 4.78 is 5.05. The Balaban J connectivity index is 1.50. The molecule has 5 nitrogen and oxygen atoms in total. The molecule has 1 aliphatic carbocycles. The molecule has 0 aliphatic heterocycles. The standard InChI is InChI=1S/C19H20N2O3/c22-18(15-5-2-1-3-6-15)20-13-14-8-10-16(11-9-14)21-19(23)17-7-4-12-24-17/h1-2,4,7-12,15H,3,5-6,13H2,(H,20,22)(H,21,23)/t15-/m0/s1. The monoisotopic (exact) mass is 324 g/mol. The first-order chi connectivity index (χ1) is 11.7. The summed E-state index contributed by atoms with van der Waals surface area (Å²) in [6, 6.07) is 10.7. The zero-order valence-corrected chi connectivity index (χ0v) is 13.3. The minimum atomic E-state index is -0.286. The molecule has 0 bridgehead atoms. The van der Waals surface area contributed by atoms with Crippen molar-refractivity contribution < 1.29 is 14.0 Å². The number of carbonyl (C=O) groups excluding carboxylic acids is 2. The fraction of sp³-hybridized carbons (Fsp3) is 0.263. The molecule has 24 heavy (non-hydrogen) atoms. The Morgan fingerprint density at radius 2 is 1.96 bits per heavy atom. The Bertz CT molecular complexity index is 718. The molecule has 0 saturated carbocycles. The Hall–Kier alpha value is -2.82. The maximum atomic E-state index is 12.1. The Morgan fingerprint density at radius 1 is 1.12 bits per heavy atom. The summed E-state index contributed by atoms with van der Waals surface area (Å²) in [6.07, 6.45) is 8.37. The second-order valence-electron chi connectivity index (χ2n) is 5.83. The normalized spacial score (nSPS) is 16.6. The lowest BCUT2D eigenvalue weighted by Gasteiger charge is -2.17. The van der Waals surface area contributed by atoms with E-state index < -0.39 is 0 Å². The van der Waals surface area contributed by atoms with Crippen LogP contribution in [0.5, 0.6) is 0 Å². The summed E-state index contributed by atoms with van der Waals surface area (Å²) in [4.78, 5) is 24.0. The molecule has 1 heterocycles. The number of benzene rings is 1. The highest BCUT2D eigenvalue weighted by Gasteiger charge is 2.18. The molecule has 1 aromatic heterocycles. The van der Waals surface area contributed by atoms with Gasteiger partial charge in [0.15, 0.2) is 5.76 Å². The van der Waals surface area contributed by atoms with Gasteiger partial charge >= 0.3 is 0 Å². The van der Waals surface area contributed by atoms with E-state index in [1.165, 1.54) is 6.26 Å². The van der Waals surface area contributed by atoms with Gasteiger partial charge in [-0.05, 0) is 49.1 Å². The third-order valence-electron chi connectivity index (χ3n) is 4.06. The molecule has 0 radical (unpaired) electrons. The zero-order chi connectivity index (χ0) is 16.8. The average Bonchev–Trinajstić information content (AvgIpc) is 3.16. The third-order valence-corrected chi connectivity index (χ3v) is 4.06. The maximum absolute atomic E-state index is 12.1. The van der Waals surface area contributed by atoms with Gasteiger partial charge in [0.25, 0.3) is 5.91 Å². The maximum Gasteiger partial charge on any atom is 0.291 e. The minimum absolute atomic E-state index is 0.0851. The van der Waals surface area contributed by atoms with Crippen molar-refractivity contribution in [3.05, 3.63) is 66.1 Å². The number of rotatable bonds is 5. The Morgan fingerprint density at radius 3 is 2.62 bits per heavy atom.